The molecule has 1 fully saturated rings. The molecule has 1 aromatic carbocycles. The molecule has 0 saturated carbocycles. The number of anilines is 1. The summed E-state index contributed by atoms with van der Waals surface area (Å²) in [5.41, 5.74) is 3.14. The number of nitrogens with one attached hydrogen (secondary N) is 3. The van der Waals surface area contributed by atoms with Crippen LogP contribution in [0.4, 0.5) is 5.69 Å². The van der Waals surface area contributed by atoms with Gasteiger partial charge in [-0.3, -0.25) is 9.78 Å². The second-order valence-electron chi connectivity index (χ2n) is 8.57. The van der Waals surface area contributed by atoms with Crippen LogP contribution in [0.3, 0.4) is 0 Å². The van der Waals surface area contributed by atoms with E-state index in [9.17, 15) is 4.79 Å². The van der Waals surface area contributed by atoms with Gasteiger partial charge in [0, 0.05) is 43.9 Å². The van der Waals surface area contributed by atoms with Gasteiger partial charge in [-0.15, -0.1) is 0 Å². The van der Waals surface area contributed by atoms with E-state index in [2.05, 4.69) is 32.0 Å². The lowest BCUT2D eigenvalue weighted by molar-refractivity contribution is -0.116. The maximum atomic E-state index is 12.7. The van der Waals surface area contributed by atoms with Crippen LogP contribution in [0.1, 0.15) is 24.8 Å². The third-order valence-electron chi connectivity index (χ3n) is 6.19. The summed E-state index contributed by atoms with van der Waals surface area (Å²) in [5.74, 6) is 2.07. The molecule has 2 aliphatic heterocycles. The van der Waals surface area contributed by atoms with Gasteiger partial charge in [-0.2, -0.15) is 0 Å². The van der Waals surface area contributed by atoms with E-state index in [1.165, 1.54) is 5.56 Å². The highest BCUT2D eigenvalue weighted by Gasteiger charge is 2.23. The van der Waals surface area contributed by atoms with Crippen molar-refractivity contribution in [2.24, 2.45) is 0 Å². The fraction of sp³-hybridized carbons (Fsp3) is 0.400. The van der Waals surface area contributed by atoms with Crippen molar-refractivity contribution in [3.8, 4) is 17.4 Å². The Labute approximate surface area is 198 Å². The monoisotopic (exact) mass is 463 g/mol. The minimum Gasteiger partial charge on any atom is -0.486 e. The predicted molar refractivity (Wildman–Crippen MR) is 128 cm³/mol. The van der Waals surface area contributed by atoms with Gasteiger partial charge < -0.3 is 30.2 Å². The molecular formula is C25H29N5O4. The Kier molecular flexibility index (Phi) is 6.73. The second kappa shape index (κ2) is 10.2. The molecule has 9 nitrogen and oxygen atoms in total. The summed E-state index contributed by atoms with van der Waals surface area (Å²) in [6.45, 7) is 2.77. The van der Waals surface area contributed by atoms with Crippen LogP contribution < -0.4 is 30.2 Å². The largest absolute Gasteiger partial charge is 0.486 e. The Hall–Kier alpha value is -3.43. The maximum absolute atomic E-state index is 12.7. The third-order valence-corrected chi connectivity index (χ3v) is 6.19. The molecule has 2 aromatic heterocycles. The van der Waals surface area contributed by atoms with Crippen LogP contribution in [0.2, 0.25) is 0 Å². The van der Waals surface area contributed by atoms with E-state index in [0.29, 0.717) is 48.3 Å². The molecule has 3 N–H and O–H groups in total. The number of fused-ring (bicyclic) bond motifs is 2. The number of pyridine rings is 2. The first-order chi connectivity index (χ1) is 16.7. The van der Waals surface area contributed by atoms with Gasteiger partial charge in [-0.1, -0.05) is 6.07 Å². The summed E-state index contributed by atoms with van der Waals surface area (Å²) in [5, 5.41) is 10.1. The van der Waals surface area contributed by atoms with Crippen LogP contribution in [-0.2, 0) is 11.3 Å². The van der Waals surface area contributed by atoms with E-state index in [0.717, 1.165) is 37.4 Å². The van der Waals surface area contributed by atoms with E-state index in [4.69, 9.17) is 14.2 Å². The number of hydrogen-bond acceptors (Lipinski definition) is 8. The molecule has 178 valence electrons. The Bertz CT molecular complexity index is 1160. The highest BCUT2D eigenvalue weighted by molar-refractivity contribution is 5.99. The van der Waals surface area contributed by atoms with Gasteiger partial charge in [0.05, 0.1) is 18.3 Å². The lowest BCUT2D eigenvalue weighted by Gasteiger charge is -2.30. The van der Waals surface area contributed by atoms with Crippen molar-refractivity contribution < 1.29 is 19.0 Å². The number of carbonyl (C=O) groups is 1. The Morgan fingerprint density at radius 2 is 2.03 bits per heavy atom. The molecule has 0 bridgehead atoms. The Balaban J connectivity index is 1.10. The lowest BCUT2D eigenvalue weighted by Crippen LogP contribution is -2.48. The minimum atomic E-state index is -0.0442. The van der Waals surface area contributed by atoms with Crippen molar-refractivity contribution in [3.63, 3.8) is 0 Å². The highest BCUT2D eigenvalue weighted by Crippen LogP contribution is 2.30. The van der Waals surface area contributed by atoms with E-state index in [1.807, 2.05) is 18.2 Å². The molecule has 5 rings (SSSR count). The Morgan fingerprint density at radius 3 is 2.85 bits per heavy atom. The van der Waals surface area contributed by atoms with Gasteiger partial charge >= 0.3 is 0 Å². The standard InChI is InChI=1S/C25H29N5O4/c1-32-24-7-5-19-25(30-24)20(8-9-26-19)29-23(31)13-17-3-4-18(15-28-17)27-14-16-2-6-21-22(12-16)34-11-10-33-21/h2,5-9,12,17-18,27-28H,3-4,10-11,13-15H2,1H3,(H,26,29,31)/t17-,18+/m0/s1. The predicted octanol–water partition coefficient (Wildman–Crippen LogP) is 2.65. The zero-order valence-electron chi connectivity index (χ0n) is 19.2. The van der Waals surface area contributed by atoms with Gasteiger partial charge in [0.2, 0.25) is 11.8 Å². The number of carbonyl (C=O) groups excluding carboxylic acids is 1. The van der Waals surface area contributed by atoms with E-state index < -0.39 is 0 Å². The van der Waals surface area contributed by atoms with Gasteiger partial charge in [-0.05, 0) is 42.7 Å². The minimum absolute atomic E-state index is 0.0442. The van der Waals surface area contributed by atoms with Crippen LogP contribution in [0.25, 0.3) is 11.0 Å². The molecule has 4 heterocycles. The molecule has 1 amide bonds. The van der Waals surface area contributed by atoms with E-state index in [1.54, 1.807) is 25.4 Å². The molecule has 0 spiro atoms. The van der Waals surface area contributed by atoms with E-state index in [-0.39, 0.29) is 11.9 Å². The first-order valence-electron chi connectivity index (χ1n) is 11.6. The number of benzene rings is 1. The molecule has 0 unspecified atom stereocenters. The molecule has 0 aliphatic carbocycles. The van der Waals surface area contributed by atoms with Gasteiger partial charge in [0.1, 0.15) is 18.7 Å². The lowest BCUT2D eigenvalue weighted by atomic mass is 9.98. The van der Waals surface area contributed by atoms with Crippen molar-refractivity contribution in [1.82, 2.24) is 20.6 Å². The molecule has 3 aromatic rings. The maximum Gasteiger partial charge on any atom is 0.225 e. The first-order valence-corrected chi connectivity index (χ1v) is 11.6. The van der Waals surface area contributed by atoms with Gasteiger partial charge in [-0.25, -0.2) is 4.98 Å². The topological polar surface area (TPSA) is 107 Å². The zero-order chi connectivity index (χ0) is 23.3. The number of piperidine rings is 1. The highest BCUT2D eigenvalue weighted by atomic mass is 16.6. The van der Waals surface area contributed by atoms with Crippen molar-refractivity contribution in [2.45, 2.75) is 37.9 Å². The summed E-state index contributed by atoms with van der Waals surface area (Å²) in [4.78, 5) is 21.5. The zero-order valence-corrected chi connectivity index (χ0v) is 19.2. The van der Waals surface area contributed by atoms with Crippen molar-refractivity contribution in [3.05, 3.63) is 48.2 Å². The fourth-order valence-corrected chi connectivity index (χ4v) is 4.37. The molecule has 9 heteroatoms. The first kappa shape index (κ1) is 22.4. The summed E-state index contributed by atoms with van der Waals surface area (Å²) < 4.78 is 16.5. The van der Waals surface area contributed by atoms with Crippen molar-refractivity contribution in [2.75, 3.05) is 32.2 Å². The molecule has 1 saturated heterocycles. The smallest absolute Gasteiger partial charge is 0.225 e. The van der Waals surface area contributed by atoms with E-state index >= 15 is 0 Å². The number of methoxy groups -OCH3 is 1. The molecular weight excluding hydrogens is 434 g/mol. The van der Waals surface area contributed by atoms with Gasteiger partial charge in [0.15, 0.2) is 11.5 Å². The van der Waals surface area contributed by atoms with Crippen molar-refractivity contribution >= 4 is 22.6 Å². The number of aromatic nitrogens is 2. The second-order valence-corrected chi connectivity index (χ2v) is 8.57. The van der Waals surface area contributed by atoms with Crippen LogP contribution in [0.5, 0.6) is 17.4 Å². The summed E-state index contributed by atoms with van der Waals surface area (Å²) in [7, 11) is 1.57. The normalized spacial score (nSPS) is 19.6. The van der Waals surface area contributed by atoms with Crippen LogP contribution in [0.15, 0.2) is 42.6 Å². The quantitative estimate of drug-likeness (QED) is 0.491. The molecule has 34 heavy (non-hydrogen) atoms. The molecule has 0 radical (unpaired) electrons. The summed E-state index contributed by atoms with van der Waals surface area (Å²) in [6.07, 6.45) is 4.01. The van der Waals surface area contributed by atoms with Gasteiger partial charge in [0.25, 0.3) is 0 Å². The average Bonchev–Trinajstić information content (AvgIpc) is 2.88. The van der Waals surface area contributed by atoms with Crippen LogP contribution >= 0.6 is 0 Å². The number of nitrogens with zero attached hydrogens (tertiary/aromatic N) is 2. The Morgan fingerprint density at radius 1 is 1.15 bits per heavy atom. The number of ether oxygens (including phenoxy) is 3. The number of rotatable bonds is 7. The molecule has 2 atom stereocenters. The van der Waals surface area contributed by atoms with Crippen LogP contribution in [-0.4, -0.2) is 54.8 Å². The fourth-order valence-electron chi connectivity index (χ4n) is 4.37. The SMILES string of the molecule is COc1ccc2nccc(NC(=O)C[C@@H]3CC[C@@H](NCc4ccc5c(c4)OCCO5)CN3)c2n1. The molecule has 2 aliphatic rings. The number of hydrogen-bond donors (Lipinski definition) is 3. The average molecular weight is 464 g/mol. The number of amides is 1. The summed E-state index contributed by atoms with van der Waals surface area (Å²) in [6, 6.07) is 11.9. The van der Waals surface area contributed by atoms with Crippen molar-refractivity contribution in [1.29, 1.82) is 0 Å². The summed E-state index contributed by atoms with van der Waals surface area (Å²) >= 11 is 0. The third kappa shape index (κ3) is 5.21. The van der Waals surface area contributed by atoms with Crippen LogP contribution in [0, 0.1) is 0 Å².